The Morgan fingerprint density at radius 2 is 2.09 bits per heavy atom. The molecule has 0 unspecified atom stereocenters. The molecule has 1 aliphatic carbocycles. The number of anilines is 1. The fourth-order valence-corrected chi connectivity index (χ4v) is 3.93. The summed E-state index contributed by atoms with van der Waals surface area (Å²) in [7, 11) is 0. The van der Waals surface area contributed by atoms with Gasteiger partial charge in [-0.3, -0.25) is 0 Å². The quantitative estimate of drug-likeness (QED) is 0.903. The molecule has 6 heteroatoms. The molecule has 5 nitrogen and oxygen atoms in total. The van der Waals surface area contributed by atoms with Crippen LogP contribution in [0.5, 0.6) is 0 Å². The first-order valence-corrected chi connectivity index (χ1v) is 8.21. The number of rotatable bonds is 3. The highest BCUT2D eigenvalue weighted by molar-refractivity contribution is 7.22. The van der Waals surface area contributed by atoms with Crippen LogP contribution in [0.4, 0.5) is 9.93 Å². The smallest absolute Gasteiger partial charge is 0.405 e. The van der Waals surface area contributed by atoms with Gasteiger partial charge in [-0.25, -0.2) is 9.78 Å². The van der Waals surface area contributed by atoms with E-state index in [2.05, 4.69) is 37.1 Å². The first-order valence-electron chi connectivity index (χ1n) is 7.40. The van der Waals surface area contributed by atoms with Crippen molar-refractivity contribution in [3.05, 3.63) is 24.3 Å². The predicted octanol–water partition coefficient (Wildman–Crippen LogP) is 3.75. The Hall–Kier alpha value is -1.82. The summed E-state index contributed by atoms with van der Waals surface area (Å²) in [5.41, 5.74) is 5.61. The zero-order chi connectivity index (χ0) is 16.0. The van der Waals surface area contributed by atoms with Gasteiger partial charge in [-0.2, -0.15) is 0 Å². The molecule has 3 rings (SSSR count). The zero-order valence-corrected chi connectivity index (χ0v) is 13.9. The van der Waals surface area contributed by atoms with E-state index in [1.165, 1.54) is 4.70 Å². The maximum Gasteiger partial charge on any atom is 0.405 e. The van der Waals surface area contributed by atoms with Gasteiger partial charge in [0.2, 0.25) is 0 Å². The molecule has 1 aliphatic rings. The molecule has 1 fully saturated rings. The van der Waals surface area contributed by atoms with E-state index in [4.69, 9.17) is 10.5 Å². The lowest BCUT2D eigenvalue weighted by molar-refractivity contribution is -0.124. The Balaban J connectivity index is 1.70. The number of carbonyl (C=O) groups is 1. The van der Waals surface area contributed by atoms with Crippen LogP contribution in [-0.2, 0) is 4.74 Å². The second-order valence-corrected chi connectivity index (χ2v) is 7.93. The van der Waals surface area contributed by atoms with Gasteiger partial charge in [0.25, 0.3) is 0 Å². The predicted molar refractivity (Wildman–Crippen MR) is 89.1 cm³/mol. The second kappa shape index (κ2) is 5.12. The minimum Gasteiger partial charge on any atom is -0.442 e. The number of nitrogens with zero attached hydrogens (tertiary/aromatic N) is 1. The number of para-hydroxylation sites is 1. The summed E-state index contributed by atoms with van der Waals surface area (Å²) >= 11 is 1.64. The van der Waals surface area contributed by atoms with Gasteiger partial charge in [-0.1, -0.05) is 44.2 Å². The molecule has 0 aliphatic heterocycles. The van der Waals surface area contributed by atoms with Crippen LogP contribution in [-0.4, -0.2) is 22.7 Å². The number of fused-ring (bicyclic) bond motifs is 1. The van der Waals surface area contributed by atoms with Crippen LogP contribution in [0.15, 0.2) is 24.3 Å². The van der Waals surface area contributed by atoms with E-state index in [0.29, 0.717) is 0 Å². The average molecular weight is 319 g/mol. The number of nitrogens with one attached hydrogen (secondary N) is 1. The van der Waals surface area contributed by atoms with Gasteiger partial charge in [0.15, 0.2) is 5.13 Å². The summed E-state index contributed by atoms with van der Waals surface area (Å²) in [6.07, 6.45) is 0.790. The van der Waals surface area contributed by atoms with E-state index in [0.717, 1.165) is 23.5 Å². The number of carbonyl (C=O) groups excluding carboxylic acids is 1. The van der Waals surface area contributed by atoms with Gasteiger partial charge in [-0.15, -0.1) is 0 Å². The second-order valence-electron chi connectivity index (χ2n) is 6.90. The van der Waals surface area contributed by atoms with Crippen molar-refractivity contribution in [2.24, 2.45) is 11.1 Å². The number of primary amides is 1. The third kappa shape index (κ3) is 2.63. The Bertz CT molecular complexity index is 666. The van der Waals surface area contributed by atoms with Gasteiger partial charge in [-0.05, 0) is 12.1 Å². The molecular weight excluding hydrogens is 298 g/mol. The monoisotopic (exact) mass is 319 g/mol. The summed E-state index contributed by atoms with van der Waals surface area (Å²) in [5, 5.41) is 4.35. The summed E-state index contributed by atoms with van der Waals surface area (Å²) < 4.78 is 6.61. The molecule has 22 heavy (non-hydrogen) atoms. The van der Waals surface area contributed by atoms with Gasteiger partial charge < -0.3 is 15.8 Å². The molecule has 1 amide bonds. The molecule has 3 N–H and O–H groups in total. The van der Waals surface area contributed by atoms with Gasteiger partial charge in [0.1, 0.15) is 5.60 Å². The average Bonchev–Trinajstić information content (AvgIpc) is 2.76. The molecule has 1 heterocycles. The van der Waals surface area contributed by atoms with E-state index in [9.17, 15) is 4.79 Å². The van der Waals surface area contributed by atoms with Crippen molar-refractivity contribution < 1.29 is 9.53 Å². The molecule has 118 valence electrons. The molecule has 1 aromatic heterocycles. The van der Waals surface area contributed by atoms with Crippen LogP contribution in [0.2, 0.25) is 0 Å². The van der Waals surface area contributed by atoms with Crippen LogP contribution < -0.4 is 11.1 Å². The topological polar surface area (TPSA) is 77.2 Å². The van der Waals surface area contributed by atoms with Crippen molar-refractivity contribution >= 4 is 32.8 Å². The fourth-order valence-electron chi connectivity index (χ4n) is 2.99. The lowest BCUT2D eigenvalue weighted by atomic mass is 9.61. The Morgan fingerprint density at radius 1 is 1.41 bits per heavy atom. The number of aromatic nitrogens is 1. The first kappa shape index (κ1) is 15.1. The number of hydrogen-bond acceptors (Lipinski definition) is 5. The van der Waals surface area contributed by atoms with Crippen molar-refractivity contribution in [1.82, 2.24) is 4.98 Å². The Labute approximate surface area is 133 Å². The first-order chi connectivity index (χ1) is 10.3. The van der Waals surface area contributed by atoms with Crippen LogP contribution in [0, 0.1) is 5.41 Å². The van der Waals surface area contributed by atoms with Gasteiger partial charge in [0, 0.05) is 24.3 Å². The van der Waals surface area contributed by atoms with E-state index in [-0.39, 0.29) is 11.5 Å². The number of nitrogens with two attached hydrogens (primary N) is 1. The number of hydrogen-bond donors (Lipinski definition) is 2. The maximum atomic E-state index is 11.2. The number of amides is 1. The highest BCUT2D eigenvalue weighted by atomic mass is 32.1. The van der Waals surface area contributed by atoms with E-state index in [1.807, 2.05) is 18.2 Å². The van der Waals surface area contributed by atoms with Gasteiger partial charge in [0.05, 0.1) is 10.2 Å². The van der Waals surface area contributed by atoms with E-state index in [1.54, 1.807) is 11.3 Å². The lowest BCUT2D eigenvalue weighted by Crippen LogP contribution is -2.61. The van der Waals surface area contributed by atoms with Crippen molar-refractivity contribution in [3.63, 3.8) is 0 Å². The minimum absolute atomic E-state index is 0.145. The summed E-state index contributed by atoms with van der Waals surface area (Å²) in [5.74, 6) is 0. The Morgan fingerprint density at radius 3 is 2.68 bits per heavy atom. The van der Waals surface area contributed by atoms with Crippen LogP contribution in [0.25, 0.3) is 10.2 Å². The summed E-state index contributed by atoms with van der Waals surface area (Å²) in [6.45, 7) is 6.22. The number of thiazole rings is 1. The minimum atomic E-state index is -0.701. The molecule has 0 atom stereocenters. The number of ether oxygens (including phenoxy) is 1. The standard InChI is InChI=1S/C16H21N3O2S/c1-15(2,3)16(21-13(17)20)8-10(9-16)18-14-19-11-6-4-5-7-12(11)22-14/h4-7,10H,8-9H2,1-3H3,(H2,17,20)(H,18,19). The third-order valence-electron chi connectivity index (χ3n) is 4.44. The van der Waals surface area contributed by atoms with Crippen LogP contribution in [0.1, 0.15) is 33.6 Å². The molecule has 0 radical (unpaired) electrons. The molecular formula is C16H21N3O2S. The van der Waals surface area contributed by atoms with E-state index < -0.39 is 11.7 Å². The summed E-state index contributed by atoms with van der Waals surface area (Å²) in [4.78, 5) is 15.8. The third-order valence-corrected chi connectivity index (χ3v) is 5.40. The van der Waals surface area contributed by atoms with Crippen LogP contribution in [0.3, 0.4) is 0 Å². The molecule has 1 aromatic carbocycles. The van der Waals surface area contributed by atoms with Crippen LogP contribution >= 0.6 is 11.3 Å². The highest BCUT2D eigenvalue weighted by Crippen LogP contribution is 2.49. The number of benzene rings is 1. The van der Waals surface area contributed by atoms with Crippen molar-refractivity contribution in [2.75, 3.05) is 5.32 Å². The molecule has 1 saturated carbocycles. The largest absolute Gasteiger partial charge is 0.442 e. The molecule has 2 aromatic rings. The molecule has 0 bridgehead atoms. The SMILES string of the molecule is CC(C)(C)C1(OC(N)=O)CC(Nc2nc3ccccc3s2)C1. The Kier molecular flexibility index (Phi) is 3.51. The van der Waals surface area contributed by atoms with E-state index >= 15 is 0 Å². The fraction of sp³-hybridized carbons (Fsp3) is 0.500. The normalized spacial score (nSPS) is 24.8. The highest BCUT2D eigenvalue weighted by Gasteiger charge is 2.55. The van der Waals surface area contributed by atoms with Crippen molar-refractivity contribution in [2.45, 2.75) is 45.3 Å². The maximum absolute atomic E-state index is 11.2. The zero-order valence-electron chi connectivity index (χ0n) is 13.1. The van der Waals surface area contributed by atoms with Crippen molar-refractivity contribution in [3.8, 4) is 0 Å². The molecule has 0 spiro atoms. The van der Waals surface area contributed by atoms with Gasteiger partial charge >= 0.3 is 6.09 Å². The lowest BCUT2D eigenvalue weighted by Gasteiger charge is -2.53. The van der Waals surface area contributed by atoms with Crippen molar-refractivity contribution in [1.29, 1.82) is 0 Å². The molecule has 0 saturated heterocycles. The summed E-state index contributed by atoms with van der Waals surface area (Å²) in [6, 6.07) is 8.32.